The molecule has 21 heavy (non-hydrogen) atoms. The van der Waals surface area contributed by atoms with E-state index in [0.29, 0.717) is 25.4 Å². The first-order chi connectivity index (χ1) is 10.2. The predicted molar refractivity (Wildman–Crippen MR) is 84.1 cm³/mol. The van der Waals surface area contributed by atoms with Gasteiger partial charge in [-0.05, 0) is 38.1 Å². The molecule has 4 heteroatoms. The Kier molecular flexibility index (Phi) is 6.08. The second-order valence-electron chi connectivity index (χ2n) is 5.44. The molecule has 1 fully saturated rings. The Morgan fingerprint density at radius 3 is 2.29 bits per heavy atom. The zero-order valence-electron chi connectivity index (χ0n) is 13.0. The fourth-order valence-electron chi connectivity index (χ4n) is 2.55. The van der Waals surface area contributed by atoms with E-state index >= 15 is 0 Å². The van der Waals surface area contributed by atoms with Gasteiger partial charge < -0.3 is 14.2 Å². The lowest BCUT2D eigenvalue weighted by atomic mass is 10.2. The van der Waals surface area contributed by atoms with Crippen molar-refractivity contribution in [3.8, 4) is 11.5 Å². The summed E-state index contributed by atoms with van der Waals surface area (Å²) in [5.74, 6) is 1.70. The van der Waals surface area contributed by atoms with Gasteiger partial charge in [0.15, 0.2) is 0 Å². The maximum absolute atomic E-state index is 5.78. The molecule has 0 aromatic heterocycles. The highest BCUT2D eigenvalue weighted by atomic mass is 16.5. The van der Waals surface area contributed by atoms with Crippen LogP contribution in [0.5, 0.6) is 11.5 Å². The molecule has 2 atom stereocenters. The van der Waals surface area contributed by atoms with E-state index in [4.69, 9.17) is 14.2 Å². The summed E-state index contributed by atoms with van der Waals surface area (Å²) in [6.07, 6.45) is 2.33. The summed E-state index contributed by atoms with van der Waals surface area (Å²) in [4.78, 5) is 2.39. The van der Waals surface area contributed by atoms with Gasteiger partial charge in [-0.1, -0.05) is 12.7 Å². The topological polar surface area (TPSA) is 30.9 Å². The summed E-state index contributed by atoms with van der Waals surface area (Å²) in [7, 11) is 0. The molecule has 1 aliphatic heterocycles. The predicted octanol–water partition coefficient (Wildman–Crippen LogP) is 2.74. The van der Waals surface area contributed by atoms with Gasteiger partial charge in [-0.3, -0.25) is 4.90 Å². The Balaban J connectivity index is 1.71. The molecule has 0 unspecified atom stereocenters. The van der Waals surface area contributed by atoms with Crippen molar-refractivity contribution in [1.82, 2.24) is 4.90 Å². The number of rotatable bonds is 7. The van der Waals surface area contributed by atoms with Gasteiger partial charge in [0.1, 0.15) is 24.7 Å². The quantitative estimate of drug-likeness (QED) is 0.723. The van der Waals surface area contributed by atoms with E-state index in [1.807, 2.05) is 24.3 Å². The zero-order chi connectivity index (χ0) is 15.1. The minimum absolute atomic E-state index is 0.301. The minimum Gasteiger partial charge on any atom is -0.492 e. The third kappa shape index (κ3) is 5.40. The molecular weight excluding hydrogens is 266 g/mol. The monoisotopic (exact) mass is 291 g/mol. The van der Waals surface area contributed by atoms with Gasteiger partial charge in [-0.25, -0.2) is 0 Å². The average Bonchev–Trinajstić information content (AvgIpc) is 2.45. The minimum atomic E-state index is 0.301. The second-order valence-corrected chi connectivity index (χ2v) is 5.44. The first kappa shape index (κ1) is 15.9. The highest BCUT2D eigenvalue weighted by Gasteiger charge is 2.21. The van der Waals surface area contributed by atoms with Crippen LogP contribution in [-0.4, -0.2) is 50.0 Å². The van der Waals surface area contributed by atoms with Crippen molar-refractivity contribution < 1.29 is 14.2 Å². The molecule has 4 nitrogen and oxygen atoms in total. The van der Waals surface area contributed by atoms with Crippen LogP contribution in [0.3, 0.4) is 0 Å². The molecule has 0 aliphatic carbocycles. The van der Waals surface area contributed by atoms with Crippen LogP contribution >= 0.6 is 0 Å². The van der Waals surface area contributed by atoms with Gasteiger partial charge in [0, 0.05) is 19.6 Å². The summed E-state index contributed by atoms with van der Waals surface area (Å²) < 4.78 is 16.9. The van der Waals surface area contributed by atoms with Crippen LogP contribution in [0.25, 0.3) is 0 Å². The molecule has 1 saturated heterocycles. The van der Waals surface area contributed by atoms with Crippen LogP contribution in [0.2, 0.25) is 0 Å². The standard InChI is InChI=1S/C17H25NO3/c1-4-10-19-16-5-7-17(8-6-16)20-11-9-18-12-14(2)21-15(3)13-18/h4-8,14-15H,1,9-13H2,2-3H3/t14-,15-/m1/s1. The lowest BCUT2D eigenvalue weighted by Crippen LogP contribution is -2.46. The maximum atomic E-state index is 5.78. The first-order valence-corrected chi connectivity index (χ1v) is 7.51. The molecule has 1 aromatic carbocycles. The van der Waals surface area contributed by atoms with Gasteiger partial charge in [0.25, 0.3) is 0 Å². The Morgan fingerprint density at radius 1 is 1.14 bits per heavy atom. The lowest BCUT2D eigenvalue weighted by Gasteiger charge is -2.35. The van der Waals surface area contributed by atoms with Crippen molar-refractivity contribution in [3.05, 3.63) is 36.9 Å². The molecule has 0 saturated carbocycles. The van der Waals surface area contributed by atoms with E-state index in [0.717, 1.165) is 31.1 Å². The number of ether oxygens (including phenoxy) is 3. The number of morpholine rings is 1. The molecule has 0 bridgehead atoms. The number of benzene rings is 1. The van der Waals surface area contributed by atoms with Crippen LogP contribution in [0.15, 0.2) is 36.9 Å². The van der Waals surface area contributed by atoms with Crippen LogP contribution in [0, 0.1) is 0 Å². The Labute approximate surface area is 127 Å². The molecule has 0 N–H and O–H groups in total. The summed E-state index contributed by atoms with van der Waals surface area (Å²) >= 11 is 0. The van der Waals surface area contributed by atoms with Crippen LogP contribution < -0.4 is 9.47 Å². The molecule has 0 radical (unpaired) electrons. The van der Waals surface area contributed by atoms with Crippen molar-refractivity contribution in [1.29, 1.82) is 0 Å². The van der Waals surface area contributed by atoms with Gasteiger partial charge in [-0.15, -0.1) is 0 Å². The summed E-state index contributed by atoms with van der Waals surface area (Å²) in [5, 5.41) is 0. The molecule has 1 aromatic rings. The molecule has 1 aliphatic rings. The molecule has 0 amide bonds. The van der Waals surface area contributed by atoms with E-state index in [1.54, 1.807) is 6.08 Å². The molecule has 0 spiro atoms. The number of hydrogen-bond donors (Lipinski definition) is 0. The van der Waals surface area contributed by atoms with Crippen molar-refractivity contribution in [3.63, 3.8) is 0 Å². The average molecular weight is 291 g/mol. The van der Waals surface area contributed by atoms with Crippen molar-refractivity contribution >= 4 is 0 Å². The smallest absolute Gasteiger partial charge is 0.120 e. The van der Waals surface area contributed by atoms with Gasteiger partial charge >= 0.3 is 0 Å². The van der Waals surface area contributed by atoms with Crippen molar-refractivity contribution in [2.24, 2.45) is 0 Å². The van der Waals surface area contributed by atoms with Gasteiger partial charge in [0.05, 0.1) is 12.2 Å². The molecular formula is C17H25NO3. The largest absolute Gasteiger partial charge is 0.492 e. The van der Waals surface area contributed by atoms with Crippen LogP contribution in [0.4, 0.5) is 0 Å². The lowest BCUT2D eigenvalue weighted by molar-refractivity contribution is -0.0699. The third-order valence-corrected chi connectivity index (χ3v) is 3.36. The Hall–Kier alpha value is -1.52. The van der Waals surface area contributed by atoms with Crippen molar-refractivity contribution in [2.45, 2.75) is 26.1 Å². The van der Waals surface area contributed by atoms with Crippen LogP contribution in [-0.2, 0) is 4.74 Å². The second kappa shape index (κ2) is 8.05. The Morgan fingerprint density at radius 2 is 1.71 bits per heavy atom. The zero-order valence-corrected chi connectivity index (χ0v) is 13.0. The maximum Gasteiger partial charge on any atom is 0.120 e. The molecule has 116 valence electrons. The van der Waals surface area contributed by atoms with E-state index < -0.39 is 0 Å². The first-order valence-electron chi connectivity index (χ1n) is 7.51. The van der Waals surface area contributed by atoms with E-state index in [1.165, 1.54) is 0 Å². The summed E-state index contributed by atoms with van der Waals surface area (Å²) in [5.41, 5.74) is 0. The number of nitrogens with zero attached hydrogens (tertiary/aromatic N) is 1. The normalized spacial score (nSPS) is 22.8. The van der Waals surface area contributed by atoms with E-state index in [-0.39, 0.29) is 0 Å². The SMILES string of the molecule is C=CCOc1ccc(OCCN2C[C@@H](C)O[C@H](C)C2)cc1. The Bertz CT molecular complexity index is 422. The summed E-state index contributed by atoms with van der Waals surface area (Å²) in [6, 6.07) is 7.70. The fraction of sp³-hybridized carbons (Fsp3) is 0.529. The van der Waals surface area contributed by atoms with Gasteiger partial charge in [-0.2, -0.15) is 0 Å². The molecule has 1 heterocycles. The van der Waals surface area contributed by atoms with Crippen molar-refractivity contribution in [2.75, 3.05) is 32.8 Å². The highest BCUT2D eigenvalue weighted by molar-refractivity contribution is 5.31. The van der Waals surface area contributed by atoms with Gasteiger partial charge in [0.2, 0.25) is 0 Å². The van der Waals surface area contributed by atoms with Crippen LogP contribution in [0.1, 0.15) is 13.8 Å². The summed E-state index contributed by atoms with van der Waals surface area (Å²) in [6.45, 7) is 11.9. The molecule has 2 rings (SSSR count). The highest BCUT2D eigenvalue weighted by Crippen LogP contribution is 2.18. The fourth-order valence-corrected chi connectivity index (χ4v) is 2.55. The number of hydrogen-bond acceptors (Lipinski definition) is 4. The van der Waals surface area contributed by atoms with E-state index in [9.17, 15) is 0 Å². The third-order valence-electron chi connectivity index (χ3n) is 3.36. The van der Waals surface area contributed by atoms with E-state index in [2.05, 4.69) is 25.3 Å².